The number of rotatable bonds is 6. The summed E-state index contributed by atoms with van der Waals surface area (Å²) in [6.07, 6.45) is -0.127. The molecule has 0 atom stereocenters. The van der Waals surface area contributed by atoms with Crippen LogP contribution in [0.2, 0.25) is 0 Å². The maximum absolute atomic E-state index is 11.9. The molecule has 4 N–H and O–H groups in total. The van der Waals surface area contributed by atoms with Gasteiger partial charge in [0.05, 0.1) is 19.1 Å². The van der Waals surface area contributed by atoms with Crippen LogP contribution in [0.5, 0.6) is 5.75 Å². The van der Waals surface area contributed by atoms with E-state index in [0.717, 1.165) is 7.11 Å². The van der Waals surface area contributed by atoms with Crippen LogP contribution in [0.25, 0.3) is 11.3 Å². The first-order valence-electron chi connectivity index (χ1n) is 6.92. The van der Waals surface area contributed by atoms with Crippen LogP contribution < -0.4 is 21.1 Å². The van der Waals surface area contributed by atoms with Gasteiger partial charge in [0.15, 0.2) is 5.75 Å². The van der Waals surface area contributed by atoms with Crippen LogP contribution in [0.15, 0.2) is 22.8 Å². The molecule has 0 radical (unpaired) electrons. The molecule has 132 valence electrons. The predicted octanol–water partition coefficient (Wildman–Crippen LogP) is -0.885. The lowest BCUT2D eigenvalue weighted by Crippen LogP contribution is -2.34. The van der Waals surface area contributed by atoms with Gasteiger partial charge in [-0.25, -0.2) is 4.79 Å². The van der Waals surface area contributed by atoms with E-state index in [0.29, 0.717) is 0 Å². The average molecular weight is 350 g/mol. The number of aromatic nitrogens is 2. The van der Waals surface area contributed by atoms with Crippen LogP contribution in [-0.4, -0.2) is 36.7 Å². The van der Waals surface area contributed by atoms with Crippen LogP contribution in [-0.2, 0) is 9.53 Å². The summed E-state index contributed by atoms with van der Waals surface area (Å²) in [5.41, 5.74) is 9.39. The minimum atomic E-state index is -1.12. The highest BCUT2D eigenvalue weighted by Gasteiger charge is 2.31. The van der Waals surface area contributed by atoms with E-state index in [1.807, 2.05) is 0 Å². The highest BCUT2D eigenvalue weighted by atomic mass is 16.8. The summed E-state index contributed by atoms with van der Waals surface area (Å²) in [5, 5.41) is 15.0. The zero-order valence-corrected chi connectivity index (χ0v) is 13.1. The smallest absolute Gasteiger partial charge is 0.341 e. The number of benzene rings is 1. The molecule has 2 rings (SSSR count). The van der Waals surface area contributed by atoms with Gasteiger partial charge < -0.3 is 26.1 Å². The fourth-order valence-corrected chi connectivity index (χ4v) is 2.02. The summed E-state index contributed by atoms with van der Waals surface area (Å²) >= 11 is 0. The number of primary amides is 1. The Morgan fingerprint density at radius 1 is 1.36 bits per heavy atom. The maximum Gasteiger partial charge on any atom is 0.341 e. The molecule has 1 aromatic heterocycles. The minimum absolute atomic E-state index is 0.0195. The van der Waals surface area contributed by atoms with E-state index in [1.54, 1.807) is 0 Å². The molecule has 25 heavy (non-hydrogen) atoms. The van der Waals surface area contributed by atoms with Crippen molar-refractivity contribution < 1.29 is 33.4 Å². The molecule has 0 aliphatic carbocycles. The lowest BCUT2D eigenvalue weighted by Gasteiger charge is -2.11. The second-order valence-corrected chi connectivity index (χ2v) is 4.68. The maximum atomic E-state index is 11.9. The lowest BCUT2D eigenvalue weighted by atomic mass is 10.0. The van der Waals surface area contributed by atoms with Crippen molar-refractivity contribution in [1.29, 1.82) is 0 Å². The first-order valence-corrected chi connectivity index (χ1v) is 6.92. The second kappa shape index (κ2) is 7.40. The number of amides is 1. The van der Waals surface area contributed by atoms with Gasteiger partial charge in [0.25, 0.3) is 17.3 Å². The van der Waals surface area contributed by atoms with Crippen LogP contribution in [0.1, 0.15) is 27.3 Å². The Hall–Kier alpha value is -3.47. The van der Waals surface area contributed by atoms with E-state index >= 15 is 0 Å². The van der Waals surface area contributed by atoms with Gasteiger partial charge in [-0.15, -0.1) is 0 Å². The highest BCUT2D eigenvalue weighted by molar-refractivity contribution is 6.00. The standard InChI is InChI=1S/C14H14N4O7/c1-23-14(21)8-4-2-3-7(12(8)24-9(19)5-6-15)10-11(13(16)20)18(22)25-17-10/h2-4H,5-6,15H2,1H3,(H2,16,20). The molecule has 11 heteroatoms. The van der Waals surface area contributed by atoms with Crippen molar-refractivity contribution >= 4 is 17.8 Å². The van der Waals surface area contributed by atoms with Crippen molar-refractivity contribution in [2.75, 3.05) is 13.7 Å². The number of hydrogen-bond donors (Lipinski definition) is 2. The van der Waals surface area contributed by atoms with Gasteiger partial charge in [-0.05, 0) is 17.0 Å². The normalized spacial score (nSPS) is 10.3. The summed E-state index contributed by atoms with van der Waals surface area (Å²) < 4.78 is 14.2. The Morgan fingerprint density at radius 3 is 2.68 bits per heavy atom. The van der Waals surface area contributed by atoms with E-state index in [9.17, 15) is 19.6 Å². The fourth-order valence-electron chi connectivity index (χ4n) is 2.02. The molecule has 0 spiro atoms. The zero-order valence-electron chi connectivity index (χ0n) is 13.1. The summed E-state index contributed by atoms with van der Waals surface area (Å²) in [7, 11) is 1.14. The number of carbonyl (C=O) groups is 3. The lowest BCUT2D eigenvalue weighted by molar-refractivity contribution is -0.803. The van der Waals surface area contributed by atoms with Gasteiger partial charge in [0.2, 0.25) is 0 Å². The van der Waals surface area contributed by atoms with Crippen molar-refractivity contribution in [2.24, 2.45) is 11.5 Å². The largest absolute Gasteiger partial charge is 0.465 e. The van der Waals surface area contributed by atoms with Crippen LogP contribution in [0.3, 0.4) is 0 Å². The molecular weight excluding hydrogens is 336 g/mol. The molecule has 1 heterocycles. The predicted molar refractivity (Wildman–Crippen MR) is 80.1 cm³/mol. The van der Waals surface area contributed by atoms with Crippen LogP contribution in [0, 0.1) is 5.21 Å². The third-order valence-electron chi connectivity index (χ3n) is 3.09. The molecule has 11 nitrogen and oxygen atoms in total. The van der Waals surface area contributed by atoms with Crippen molar-refractivity contribution in [3.8, 4) is 17.0 Å². The Bertz CT molecular complexity index is 831. The third-order valence-corrected chi connectivity index (χ3v) is 3.09. The first-order chi connectivity index (χ1) is 11.9. The molecule has 0 saturated heterocycles. The molecule has 1 aromatic carbocycles. The number of esters is 2. The minimum Gasteiger partial charge on any atom is -0.465 e. The van der Waals surface area contributed by atoms with E-state index in [1.165, 1.54) is 18.2 Å². The van der Waals surface area contributed by atoms with Crippen molar-refractivity contribution in [1.82, 2.24) is 5.16 Å². The van der Waals surface area contributed by atoms with Crippen molar-refractivity contribution in [3.63, 3.8) is 0 Å². The Kier molecular flexibility index (Phi) is 5.29. The van der Waals surface area contributed by atoms with E-state index in [4.69, 9.17) is 16.2 Å². The SMILES string of the molecule is COC(=O)c1cccc(-c2no[n+]([O-])c2C(N)=O)c1OC(=O)CCN. The number of nitrogens with zero attached hydrogens (tertiary/aromatic N) is 2. The van der Waals surface area contributed by atoms with Crippen LogP contribution >= 0.6 is 0 Å². The molecule has 2 aromatic rings. The summed E-state index contributed by atoms with van der Waals surface area (Å²) in [4.78, 5) is 35.1. The Labute approximate surface area is 140 Å². The molecular formula is C14H14N4O7. The highest BCUT2D eigenvalue weighted by Crippen LogP contribution is 2.34. The average Bonchev–Trinajstić information content (AvgIpc) is 2.96. The number of methoxy groups -OCH3 is 1. The molecule has 0 aliphatic rings. The van der Waals surface area contributed by atoms with E-state index in [-0.39, 0.29) is 40.4 Å². The molecule has 0 saturated carbocycles. The van der Waals surface area contributed by atoms with Gasteiger partial charge in [-0.2, -0.15) is 0 Å². The number of hydrogen-bond acceptors (Lipinski definition) is 9. The topological polar surface area (TPSA) is 175 Å². The number of nitrogens with two attached hydrogens (primary N) is 2. The quantitative estimate of drug-likeness (QED) is 0.380. The first kappa shape index (κ1) is 17.9. The Morgan fingerprint density at radius 2 is 2.08 bits per heavy atom. The Balaban J connectivity index is 2.67. The van der Waals surface area contributed by atoms with Gasteiger partial charge in [-0.1, -0.05) is 6.07 Å². The summed E-state index contributed by atoms with van der Waals surface area (Å²) in [6.45, 7) is 0.0195. The number of carbonyl (C=O) groups excluding carboxylic acids is 3. The number of ether oxygens (including phenoxy) is 2. The molecule has 1 amide bonds. The van der Waals surface area contributed by atoms with Gasteiger partial charge in [0, 0.05) is 11.7 Å². The molecule has 0 unspecified atom stereocenters. The van der Waals surface area contributed by atoms with Crippen LogP contribution in [0.4, 0.5) is 0 Å². The van der Waals surface area contributed by atoms with Gasteiger partial charge in [0.1, 0.15) is 5.56 Å². The second-order valence-electron chi connectivity index (χ2n) is 4.68. The monoisotopic (exact) mass is 350 g/mol. The van der Waals surface area contributed by atoms with E-state index in [2.05, 4.69) is 14.5 Å². The molecule has 0 bridgehead atoms. The summed E-state index contributed by atoms with van der Waals surface area (Å²) in [5.74, 6) is -2.92. The number of para-hydroxylation sites is 1. The van der Waals surface area contributed by atoms with E-state index < -0.39 is 23.5 Å². The summed E-state index contributed by atoms with van der Waals surface area (Å²) in [6, 6.07) is 4.11. The molecule has 0 aliphatic heterocycles. The van der Waals surface area contributed by atoms with Crippen molar-refractivity contribution in [3.05, 3.63) is 34.7 Å². The molecule has 0 fully saturated rings. The zero-order chi connectivity index (χ0) is 18.6. The van der Waals surface area contributed by atoms with Crippen molar-refractivity contribution in [2.45, 2.75) is 6.42 Å². The van der Waals surface area contributed by atoms with Gasteiger partial charge in [-0.3, -0.25) is 14.2 Å². The van der Waals surface area contributed by atoms with Gasteiger partial charge >= 0.3 is 11.9 Å². The fraction of sp³-hybridized carbons (Fsp3) is 0.214. The third kappa shape index (κ3) is 3.55.